The SMILES string of the molecule is CCOC(=O)CN(C)CC(=O)NNC(=O)c1cccs1. The van der Waals surface area contributed by atoms with Crippen LogP contribution < -0.4 is 10.9 Å². The van der Waals surface area contributed by atoms with Crippen LogP contribution in [0.5, 0.6) is 0 Å². The van der Waals surface area contributed by atoms with E-state index in [-0.39, 0.29) is 19.0 Å². The highest BCUT2D eigenvalue weighted by molar-refractivity contribution is 7.12. The standard InChI is InChI=1S/C12H17N3O4S/c1-3-19-11(17)8-15(2)7-10(16)13-14-12(18)9-5-4-6-20-9/h4-6H,3,7-8H2,1-2H3,(H,13,16)(H,14,18). The van der Waals surface area contributed by atoms with E-state index in [0.717, 1.165) is 0 Å². The number of thiophene rings is 1. The van der Waals surface area contributed by atoms with E-state index >= 15 is 0 Å². The molecule has 0 fully saturated rings. The maximum atomic E-state index is 11.6. The molecule has 0 aliphatic rings. The summed E-state index contributed by atoms with van der Waals surface area (Å²) in [6.45, 7) is 2.00. The normalized spacial score (nSPS) is 10.2. The smallest absolute Gasteiger partial charge is 0.320 e. The van der Waals surface area contributed by atoms with Crippen molar-refractivity contribution in [3.8, 4) is 0 Å². The number of nitrogens with one attached hydrogen (secondary N) is 2. The van der Waals surface area contributed by atoms with Crippen LogP contribution in [0, 0.1) is 0 Å². The topological polar surface area (TPSA) is 87.7 Å². The van der Waals surface area contributed by atoms with E-state index in [4.69, 9.17) is 4.74 Å². The van der Waals surface area contributed by atoms with Crippen molar-refractivity contribution in [3.05, 3.63) is 22.4 Å². The van der Waals surface area contributed by atoms with Gasteiger partial charge in [0.25, 0.3) is 11.8 Å². The van der Waals surface area contributed by atoms with E-state index < -0.39 is 11.9 Å². The van der Waals surface area contributed by atoms with Crippen LogP contribution in [0.2, 0.25) is 0 Å². The zero-order valence-corrected chi connectivity index (χ0v) is 12.2. The molecular formula is C12H17N3O4S. The Labute approximate surface area is 120 Å². The minimum Gasteiger partial charge on any atom is -0.465 e. The van der Waals surface area contributed by atoms with Crippen LogP contribution in [0.1, 0.15) is 16.6 Å². The number of hydrogen-bond acceptors (Lipinski definition) is 6. The average Bonchev–Trinajstić information content (AvgIpc) is 2.89. The maximum absolute atomic E-state index is 11.6. The van der Waals surface area contributed by atoms with Gasteiger partial charge in [-0.3, -0.25) is 30.1 Å². The molecular weight excluding hydrogens is 282 g/mol. The van der Waals surface area contributed by atoms with E-state index in [2.05, 4.69) is 10.9 Å². The Morgan fingerprint density at radius 1 is 1.30 bits per heavy atom. The molecule has 0 aliphatic heterocycles. The Hall–Kier alpha value is -1.93. The fourth-order valence-electron chi connectivity index (χ4n) is 1.36. The summed E-state index contributed by atoms with van der Waals surface area (Å²) >= 11 is 1.28. The summed E-state index contributed by atoms with van der Waals surface area (Å²) in [4.78, 5) is 36.3. The van der Waals surface area contributed by atoms with Gasteiger partial charge in [0.1, 0.15) is 0 Å². The van der Waals surface area contributed by atoms with Gasteiger partial charge in [-0.1, -0.05) is 6.07 Å². The lowest BCUT2D eigenvalue weighted by Crippen LogP contribution is -2.46. The molecule has 0 bridgehead atoms. The van der Waals surface area contributed by atoms with E-state index in [0.29, 0.717) is 11.5 Å². The highest BCUT2D eigenvalue weighted by Gasteiger charge is 2.12. The van der Waals surface area contributed by atoms with Gasteiger partial charge >= 0.3 is 5.97 Å². The number of carbonyl (C=O) groups is 3. The molecule has 1 aromatic rings. The van der Waals surface area contributed by atoms with Crippen molar-refractivity contribution in [1.29, 1.82) is 0 Å². The minimum absolute atomic E-state index is 0.0140. The second-order valence-corrected chi connectivity index (χ2v) is 4.90. The third kappa shape index (κ3) is 5.81. The third-order valence-corrected chi connectivity index (χ3v) is 3.05. The van der Waals surface area contributed by atoms with Gasteiger partial charge in [0.2, 0.25) is 0 Å². The average molecular weight is 299 g/mol. The summed E-state index contributed by atoms with van der Waals surface area (Å²) in [7, 11) is 1.61. The fourth-order valence-corrected chi connectivity index (χ4v) is 1.98. The third-order valence-electron chi connectivity index (χ3n) is 2.18. The Balaban J connectivity index is 2.26. The largest absolute Gasteiger partial charge is 0.465 e. The highest BCUT2D eigenvalue weighted by atomic mass is 32.1. The van der Waals surface area contributed by atoms with Gasteiger partial charge < -0.3 is 4.74 Å². The van der Waals surface area contributed by atoms with Crippen LogP contribution in [-0.2, 0) is 14.3 Å². The first-order valence-electron chi connectivity index (χ1n) is 5.99. The summed E-state index contributed by atoms with van der Waals surface area (Å²) in [6.07, 6.45) is 0. The second-order valence-electron chi connectivity index (χ2n) is 3.96. The van der Waals surface area contributed by atoms with Gasteiger partial charge in [-0.05, 0) is 25.4 Å². The molecule has 0 unspecified atom stereocenters. The van der Waals surface area contributed by atoms with Gasteiger partial charge in [-0.2, -0.15) is 0 Å². The molecule has 110 valence electrons. The van der Waals surface area contributed by atoms with Crippen molar-refractivity contribution in [2.24, 2.45) is 0 Å². The highest BCUT2D eigenvalue weighted by Crippen LogP contribution is 2.06. The first-order chi connectivity index (χ1) is 9.52. The Bertz CT molecular complexity index is 461. The molecule has 1 rings (SSSR count). The van der Waals surface area contributed by atoms with Crippen molar-refractivity contribution in [3.63, 3.8) is 0 Å². The minimum atomic E-state index is -0.415. The van der Waals surface area contributed by atoms with Gasteiger partial charge in [-0.15, -0.1) is 11.3 Å². The molecule has 2 amide bonds. The van der Waals surface area contributed by atoms with Crippen LogP contribution in [0.4, 0.5) is 0 Å². The number of nitrogens with zero attached hydrogens (tertiary/aromatic N) is 1. The van der Waals surface area contributed by atoms with E-state index in [1.54, 1.807) is 31.5 Å². The number of hydrogen-bond donors (Lipinski definition) is 2. The molecule has 1 aromatic heterocycles. The van der Waals surface area contributed by atoms with Crippen molar-refractivity contribution in [2.45, 2.75) is 6.92 Å². The molecule has 0 radical (unpaired) electrons. The first kappa shape index (κ1) is 16.1. The molecule has 0 aliphatic carbocycles. The lowest BCUT2D eigenvalue weighted by atomic mass is 10.4. The number of carbonyl (C=O) groups excluding carboxylic acids is 3. The van der Waals surface area contributed by atoms with Gasteiger partial charge in [0.15, 0.2) is 0 Å². The Morgan fingerprint density at radius 2 is 2.05 bits per heavy atom. The molecule has 20 heavy (non-hydrogen) atoms. The van der Waals surface area contributed by atoms with Crippen LogP contribution in [0.3, 0.4) is 0 Å². The zero-order valence-electron chi connectivity index (χ0n) is 11.3. The van der Waals surface area contributed by atoms with Crippen LogP contribution in [0.15, 0.2) is 17.5 Å². The molecule has 0 aromatic carbocycles. The van der Waals surface area contributed by atoms with Crippen LogP contribution in [-0.4, -0.2) is 49.4 Å². The number of esters is 1. The van der Waals surface area contributed by atoms with Crippen LogP contribution in [0.25, 0.3) is 0 Å². The molecule has 1 heterocycles. The molecule has 0 atom stereocenters. The number of hydrazine groups is 1. The number of rotatable bonds is 6. The molecule has 2 N–H and O–H groups in total. The summed E-state index contributed by atoms with van der Waals surface area (Å²) in [5.41, 5.74) is 4.58. The number of likely N-dealkylation sites (N-methyl/N-ethyl adjacent to an activating group) is 1. The van der Waals surface area contributed by atoms with E-state index in [1.807, 2.05) is 0 Å². The zero-order chi connectivity index (χ0) is 15.0. The second kappa shape index (κ2) is 8.28. The lowest BCUT2D eigenvalue weighted by molar-refractivity contribution is -0.144. The molecule has 0 saturated heterocycles. The Kier molecular flexibility index (Phi) is 6.68. The lowest BCUT2D eigenvalue weighted by Gasteiger charge is -2.15. The van der Waals surface area contributed by atoms with Crippen molar-refractivity contribution in [1.82, 2.24) is 15.8 Å². The summed E-state index contributed by atoms with van der Waals surface area (Å²) in [5, 5.41) is 1.77. The van der Waals surface area contributed by atoms with Gasteiger partial charge in [0.05, 0.1) is 24.6 Å². The summed E-state index contributed by atoms with van der Waals surface area (Å²) in [6, 6.07) is 3.40. The first-order valence-corrected chi connectivity index (χ1v) is 6.87. The maximum Gasteiger partial charge on any atom is 0.320 e. The van der Waals surface area contributed by atoms with Crippen molar-refractivity contribution >= 4 is 29.1 Å². The quantitative estimate of drug-likeness (QED) is 0.570. The molecule has 7 nitrogen and oxygen atoms in total. The van der Waals surface area contributed by atoms with Gasteiger partial charge in [0, 0.05) is 0 Å². The monoisotopic (exact) mass is 299 g/mol. The summed E-state index contributed by atoms with van der Waals surface area (Å²) in [5.74, 6) is -1.19. The predicted molar refractivity (Wildman–Crippen MR) is 74.1 cm³/mol. The predicted octanol–water partition coefficient (Wildman–Crippen LogP) is 0.00400. The number of ether oxygens (including phenoxy) is 1. The molecule has 8 heteroatoms. The fraction of sp³-hybridized carbons (Fsp3) is 0.417. The van der Waals surface area contributed by atoms with Crippen LogP contribution >= 0.6 is 11.3 Å². The molecule has 0 spiro atoms. The Morgan fingerprint density at radius 3 is 2.65 bits per heavy atom. The van der Waals surface area contributed by atoms with E-state index in [1.165, 1.54) is 16.2 Å². The van der Waals surface area contributed by atoms with E-state index in [9.17, 15) is 14.4 Å². The number of amides is 2. The van der Waals surface area contributed by atoms with Gasteiger partial charge in [-0.25, -0.2) is 0 Å². The molecule has 0 saturated carbocycles. The summed E-state index contributed by atoms with van der Waals surface area (Å²) < 4.78 is 4.76. The van der Waals surface area contributed by atoms with Crippen molar-refractivity contribution in [2.75, 3.05) is 26.7 Å². The van der Waals surface area contributed by atoms with Crippen molar-refractivity contribution < 1.29 is 19.1 Å².